The van der Waals surface area contributed by atoms with Crippen molar-refractivity contribution < 1.29 is 9.84 Å². The van der Waals surface area contributed by atoms with Gasteiger partial charge in [-0.25, -0.2) is 15.0 Å². The molecule has 0 aliphatic heterocycles. The Balaban J connectivity index is 1.46. The van der Waals surface area contributed by atoms with Crippen LogP contribution in [0.2, 0.25) is 5.02 Å². The van der Waals surface area contributed by atoms with Crippen molar-refractivity contribution in [1.29, 1.82) is 0 Å². The molecule has 0 unspecified atom stereocenters. The maximum absolute atomic E-state index is 8.81. The summed E-state index contributed by atoms with van der Waals surface area (Å²) < 4.78 is 5.78. The first-order valence-corrected chi connectivity index (χ1v) is 10.9. The Morgan fingerprint density at radius 3 is 2.75 bits per heavy atom. The highest BCUT2D eigenvalue weighted by Gasteiger charge is 2.12. The number of aliphatic hydroxyl groups excluding tert-OH is 1. The molecular formula is C21H20ClN7O2S. The predicted octanol–water partition coefficient (Wildman–Crippen LogP) is 3.97. The average molecular weight is 470 g/mol. The van der Waals surface area contributed by atoms with Crippen LogP contribution < -0.4 is 15.4 Å². The van der Waals surface area contributed by atoms with Gasteiger partial charge < -0.3 is 20.5 Å². The molecule has 0 bridgehead atoms. The molecule has 4 aromatic rings. The van der Waals surface area contributed by atoms with Gasteiger partial charge >= 0.3 is 6.01 Å². The number of aromatic nitrogens is 5. The lowest BCUT2D eigenvalue weighted by Crippen LogP contribution is -2.18. The van der Waals surface area contributed by atoms with Crippen molar-refractivity contribution in [3.05, 3.63) is 65.3 Å². The number of para-hydroxylation sites is 1. The smallest absolute Gasteiger partial charge is 0.322 e. The van der Waals surface area contributed by atoms with E-state index in [4.69, 9.17) is 21.4 Å². The summed E-state index contributed by atoms with van der Waals surface area (Å²) in [5.41, 5.74) is 2.24. The van der Waals surface area contributed by atoms with Gasteiger partial charge in [-0.05, 0) is 25.1 Å². The average Bonchev–Trinajstić information content (AvgIpc) is 3.25. The topological polar surface area (TPSA) is 118 Å². The number of anilines is 2. The van der Waals surface area contributed by atoms with Gasteiger partial charge in [0.1, 0.15) is 5.75 Å². The van der Waals surface area contributed by atoms with Crippen LogP contribution in [0.5, 0.6) is 11.8 Å². The zero-order valence-corrected chi connectivity index (χ0v) is 18.7. The van der Waals surface area contributed by atoms with Gasteiger partial charge in [-0.3, -0.25) is 4.98 Å². The highest BCUT2D eigenvalue weighted by atomic mass is 35.5. The van der Waals surface area contributed by atoms with Crippen molar-refractivity contribution in [2.24, 2.45) is 0 Å². The Bertz CT molecular complexity index is 1190. The first-order chi connectivity index (χ1) is 15.6. The number of halogens is 1. The third-order valence-electron chi connectivity index (χ3n) is 4.16. The number of aryl methyl sites for hydroxylation is 1. The van der Waals surface area contributed by atoms with Gasteiger partial charge in [0.05, 0.1) is 40.3 Å². The molecule has 4 rings (SSSR count). The van der Waals surface area contributed by atoms with Gasteiger partial charge in [0.15, 0.2) is 10.9 Å². The third-order valence-corrected chi connectivity index (χ3v) is 5.41. The summed E-state index contributed by atoms with van der Waals surface area (Å²) in [5.74, 6) is 1.07. The van der Waals surface area contributed by atoms with Crippen molar-refractivity contribution in [2.45, 2.75) is 13.5 Å². The van der Waals surface area contributed by atoms with Crippen LogP contribution >= 0.6 is 22.9 Å². The predicted molar refractivity (Wildman–Crippen MR) is 124 cm³/mol. The molecule has 32 heavy (non-hydrogen) atoms. The maximum Gasteiger partial charge on any atom is 0.322 e. The van der Waals surface area contributed by atoms with E-state index in [1.54, 1.807) is 30.7 Å². The summed E-state index contributed by atoms with van der Waals surface area (Å²) in [5, 5.41) is 16.2. The Morgan fingerprint density at radius 2 is 1.97 bits per heavy atom. The summed E-state index contributed by atoms with van der Waals surface area (Å²) in [6.45, 7) is 3.01. The molecule has 3 heterocycles. The van der Waals surface area contributed by atoms with Crippen LogP contribution in [0.1, 0.15) is 11.4 Å². The number of hydrogen-bond acceptors (Lipinski definition) is 10. The molecule has 1 aromatic carbocycles. The number of nitrogens with zero attached hydrogens (tertiary/aromatic N) is 5. The van der Waals surface area contributed by atoms with E-state index in [9.17, 15) is 0 Å². The molecule has 0 atom stereocenters. The zero-order valence-electron chi connectivity index (χ0n) is 17.1. The largest absolute Gasteiger partial charge is 0.423 e. The Labute approximate surface area is 193 Å². The van der Waals surface area contributed by atoms with E-state index >= 15 is 0 Å². The second-order valence-electron chi connectivity index (χ2n) is 6.66. The van der Waals surface area contributed by atoms with Crippen LogP contribution in [0.3, 0.4) is 0 Å². The van der Waals surface area contributed by atoms with Crippen LogP contribution in [0.25, 0.3) is 10.6 Å². The maximum atomic E-state index is 8.81. The summed E-state index contributed by atoms with van der Waals surface area (Å²) in [6, 6.07) is 9.25. The van der Waals surface area contributed by atoms with E-state index in [1.165, 1.54) is 11.3 Å². The van der Waals surface area contributed by atoms with Crippen molar-refractivity contribution in [2.75, 3.05) is 18.5 Å². The fourth-order valence-corrected chi connectivity index (χ4v) is 3.66. The van der Waals surface area contributed by atoms with E-state index in [0.717, 1.165) is 16.3 Å². The number of hydrogen-bond donors (Lipinski definition) is 3. The highest BCUT2D eigenvalue weighted by molar-refractivity contribution is 7.18. The Hall–Kier alpha value is -3.18. The lowest BCUT2D eigenvalue weighted by Gasteiger charge is -2.07. The first-order valence-electron chi connectivity index (χ1n) is 9.74. The van der Waals surface area contributed by atoms with E-state index in [2.05, 4.69) is 35.6 Å². The minimum absolute atomic E-state index is 0.0823. The number of ether oxygens (including phenoxy) is 1. The molecule has 0 saturated carbocycles. The van der Waals surface area contributed by atoms with Crippen molar-refractivity contribution in [1.82, 2.24) is 30.2 Å². The summed E-state index contributed by atoms with van der Waals surface area (Å²) >= 11 is 7.60. The second kappa shape index (κ2) is 10.4. The molecule has 3 aromatic heterocycles. The van der Waals surface area contributed by atoms with E-state index in [-0.39, 0.29) is 12.6 Å². The third kappa shape index (κ3) is 5.74. The normalized spacial score (nSPS) is 10.8. The van der Waals surface area contributed by atoms with Gasteiger partial charge in [-0.15, -0.1) is 0 Å². The zero-order chi connectivity index (χ0) is 22.3. The second-order valence-corrected chi connectivity index (χ2v) is 8.10. The molecule has 0 aliphatic carbocycles. The van der Waals surface area contributed by atoms with Gasteiger partial charge in [0, 0.05) is 25.0 Å². The molecule has 9 nitrogen and oxygen atoms in total. The lowest BCUT2D eigenvalue weighted by molar-refractivity contribution is 0.291. The van der Waals surface area contributed by atoms with E-state index in [1.807, 2.05) is 25.1 Å². The fraction of sp³-hybridized carbons (Fsp3) is 0.190. The number of aliphatic hydroxyl groups is 1. The van der Waals surface area contributed by atoms with E-state index < -0.39 is 0 Å². The molecule has 0 saturated heterocycles. The summed E-state index contributed by atoms with van der Waals surface area (Å²) in [7, 11) is 0. The minimum Gasteiger partial charge on any atom is -0.423 e. The summed E-state index contributed by atoms with van der Waals surface area (Å²) in [4.78, 5) is 22.8. The molecule has 3 N–H and O–H groups in total. The monoisotopic (exact) mass is 469 g/mol. The van der Waals surface area contributed by atoms with Crippen LogP contribution in [0.4, 0.5) is 10.9 Å². The molecular weight excluding hydrogens is 450 g/mol. The number of thiazole rings is 1. The summed E-state index contributed by atoms with van der Waals surface area (Å²) in [6.07, 6.45) is 5.05. The molecule has 0 amide bonds. The van der Waals surface area contributed by atoms with Gasteiger partial charge in [-0.1, -0.05) is 35.1 Å². The van der Waals surface area contributed by atoms with Gasteiger partial charge in [0.25, 0.3) is 0 Å². The molecule has 0 aliphatic rings. The Kier molecular flexibility index (Phi) is 7.17. The van der Waals surface area contributed by atoms with Crippen LogP contribution in [0, 0.1) is 6.92 Å². The van der Waals surface area contributed by atoms with Gasteiger partial charge in [-0.2, -0.15) is 4.98 Å². The SMILES string of the molecule is Cc1cc(-c2cnc(Nc3cnc(CNCCO)cn3)s2)nc(Oc2ccccc2Cl)n1. The fourth-order valence-electron chi connectivity index (χ4n) is 2.71. The lowest BCUT2D eigenvalue weighted by atomic mass is 10.3. The quantitative estimate of drug-likeness (QED) is 0.313. The Morgan fingerprint density at radius 1 is 1.09 bits per heavy atom. The molecule has 164 valence electrons. The molecule has 0 fully saturated rings. The molecule has 11 heteroatoms. The van der Waals surface area contributed by atoms with Crippen molar-refractivity contribution in [3.63, 3.8) is 0 Å². The number of rotatable bonds is 9. The molecule has 0 spiro atoms. The van der Waals surface area contributed by atoms with Crippen LogP contribution in [0.15, 0.2) is 48.9 Å². The highest BCUT2D eigenvalue weighted by Crippen LogP contribution is 2.32. The van der Waals surface area contributed by atoms with Crippen LogP contribution in [-0.4, -0.2) is 43.2 Å². The van der Waals surface area contributed by atoms with Crippen LogP contribution in [-0.2, 0) is 6.54 Å². The number of nitrogens with one attached hydrogen (secondary N) is 2. The van der Waals surface area contributed by atoms with Crippen molar-refractivity contribution >= 4 is 33.9 Å². The van der Waals surface area contributed by atoms with Gasteiger partial charge in [0.2, 0.25) is 0 Å². The minimum atomic E-state index is 0.0823. The molecule has 0 radical (unpaired) electrons. The van der Waals surface area contributed by atoms with E-state index in [0.29, 0.717) is 40.5 Å². The van der Waals surface area contributed by atoms with Crippen molar-refractivity contribution in [3.8, 4) is 22.3 Å². The number of benzene rings is 1. The first kappa shape index (κ1) is 22.0. The standard InChI is InChI=1S/C21H20ClN7O2S/c1-13-8-16(28-20(27-13)31-17-5-3-2-4-15(17)22)18-11-26-21(32-18)29-19-12-24-14(10-25-19)9-23-6-7-30/h2-5,8,10-12,23,30H,6-7,9H2,1H3,(H,25,26,29).